The fourth-order valence-electron chi connectivity index (χ4n) is 5.06. The molecule has 0 saturated carbocycles. The number of nitrogens with zero attached hydrogens (tertiary/aromatic N) is 2. The summed E-state index contributed by atoms with van der Waals surface area (Å²) >= 11 is 13.9. The summed E-state index contributed by atoms with van der Waals surface area (Å²) in [5.74, 6) is -1.39. The smallest absolute Gasteiger partial charge is 0.272 e. The van der Waals surface area contributed by atoms with Crippen molar-refractivity contribution in [3.63, 3.8) is 0 Å². The quantitative estimate of drug-likeness (QED) is 0.0990. The Hall–Kier alpha value is -5.68. The number of rotatable bonds is 10. The van der Waals surface area contributed by atoms with E-state index in [9.17, 15) is 19.2 Å². The zero-order valence-electron chi connectivity index (χ0n) is 26.8. The van der Waals surface area contributed by atoms with Crippen molar-refractivity contribution in [1.82, 2.24) is 10.6 Å². The summed E-state index contributed by atoms with van der Waals surface area (Å²) in [7, 11) is 0. The molecule has 0 saturated heterocycles. The molecule has 12 heteroatoms. The van der Waals surface area contributed by atoms with Gasteiger partial charge in [0.25, 0.3) is 17.7 Å². The van der Waals surface area contributed by atoms with Crippen molar-refractivity contribution < 1.29 is 19.2 Å². The highest BCUT2D eigenvalue weighted by molar-refractivity contribution is 8.00. The van der Waals surface area contributed by atoms with Gasteiger partial charge in [-0.1, -0.05) is 102 Å². The highest BCUT2D eigenvalue weighted by Crippen LogP contribution is 2.36. The van der Waals surface area contributed by atoms with E-state index >= 15 is 0 Å². The average Bonchev–Trinajstić information content (AvgIpc) is 3.52. The molecule has 9 nitrogen and oxygen atoms in total. The Morgan fingerprint density at radius 1 is 0.765 bits per heavy atom. The molecule has 3 N–H and O–H groups in total. The summed E-state index contributed by atoms with van der Waals surface area (Å²) in [6.07, 6.45) is 1.42. The zero-order chi connectivity index (χ0) is 35.7. The molecule has 5 aromatic carbocycles. The van der Waals surface area contributed by atoms with Gasteiger partial charge in [-0.05, 0) is 71.8 Å². The number of para-hydroxylation sites is 1. The molecule has 0 radical (unpaired) electrons. The average molecular weight is 735 g/mol. The van der Waals surface area contributed by atoms with Gasteiger partial charge in [0.2, 0.25) is 5.91 Å². The molecule has 0 aliphatic carbocycles. The second-order valence-electron chi connectivity index (χ2n) is 11.2. The molecule has 1 heterocycles. The molecule has 5 aromatic rings. The third-order valence-electron chi connectivity index (χ3n) is 7.56. The van der Waals surface area contributed by atoms with Crippen LogP contribution in [0.4, 0.5) is 11.4 Å². The minimum atomic E-state index is -0.680. The zero-order valence-corrected chi connectivity index (χ0v) is 29.1. The van der Waals surface area contributed by atoms with Gasteiger partial charge in [-0.25, -0.2) is 0 Å². The van der Waals surface area contributed by atoms with E-state index in [4.69, 9.17) is 23.2 Å². The van der Waals surface area contributed by atoms with E-state index < -0.39 is 17.1 Å². The molecule has 1 aliphatic heterocycles. The van der Waals surface area contributed by atoms with E-state index in [1.807, 2.05) is 48.5 Å². The number of carbonyl (C=O) groups excluding carboxylic acids is 4. The molecule has 1 unspecified atom stereocenters. The van der Waals surface area contributed by atoms with Crippen LogP contribution in [0.1, 0.15) is 33.2 Å². The molecule has 0 spiro atoms. The number of thioether (sulfide) groups is 1. The van der Waals surface area contributed by atoms with Gasteiger partial charge in [0.05, 0.1) is 22.2 Å². The molecule has 6 rings (SSSR count). The van der Waals surface area contributed by atoms with Crippen molar-refractivity contribution >= 4 is 81.9 Å². The third kappa shape index (κ3) is 8.92. The summed E-state index contributed by atoms with van der Waals surface area (Å²) in [6.45, 7) is 0. The number of halogens is 2. The summed E-state index contributed by atoms with van der Waals surface area (Å²) in [6, 6.07) is 38.7. The monoisotopic (exact) mass is 733 g/mol. The predicted molar refractivity (Wildman–Crippen MR) is 203 cm³/mol. The van der Waals surface area contributed by atoms with E-state index in [-0.39, 0.29) is 34.8 Å². The molecule has 4 amide bonds. The molecule has 1 aliphatic rings. The highest BCUT2D eigenvalue weighted by atomic mass is 35.5. The number of anilines is 2. The van der Waals surface area contributed by atoms with Crippen molar-refractivity contribution in [1.29, 1.82) is 0 Å². The minimum Gasteiger partial charge on any atom is -0.321 e. The fourth-order valence-corrected chi connectivity index (χ4v) is 6.45. The van der Waals surface area contributed by atoms with Crippen LogP contribution in [-0.2, 0) is 14.4 Å². The third-order valence-corrected chi connectivity index (χ3v) is 9.66. The van der Waals surface area contributed by atoms with Crippen LogP contribution in [0.25, 0.3) is 6.08 Å². The molecule has 51 heavy (non-hydrogen) atoms. The lowest BCUT2D eigenvalue weighted by molar-refractivity contribution is -0.119. The maximum absolute atomic E-state index is 13.7. The second-order valence-corrected chi connectivity index (χ2v) is 13.1. The van der Waals surface area contributed by atoms with Crippen LogP contribution in [0, 0.1) is 0 Å². The maximum atomic E-state index is 13.7. The summed E-state index contributed by atoms with van der Waals surface area (Å²) in [5.41, 5.74) is 2.58. The van der Waals surface area contributed by atoms with E-state index in [1.54, 1.807) is 84.9 Å². The van der Waals surface area contributed by atoms with Gasteiger partial charge >= 0.3 is 0 Å². The lowest BCUT2D eigenvalue weighted by Gasteiger charge is -2.17. The first-order valence-electron chi connectivity index (χ1n) is 15.7. The van der Waals surface area contributed by atoms with Crippen molar-refractivity contribution in [3.8, 4) is 0 Å². The molecule has 0 aromatic heterocycles. The standard InChI is InChI=1S/C39H29Cl2N5O4S/c40-31-18-10-15-27(35(31)41)23-32(43-37(48)26-13-6-2-7-14-26)38(49)42-28-19-21-30(22-20-28)51-36(25-11-4-1-5-12-25)39(50)44-33-24-34(47)46(45-33)29-16-8-3-9-17-29/h1-23,36H,24H2,(H,42,49)(H,43,48)(H,44,45,50)/b32-23-. The Kier molecular flexibility index (Phi) is 11.3. The maximum Gasteiger partial charge on any atom is 0.272 e. The number of hydrazone groups is 1. The SMILES string of the molecule is O=C(Nc1ccc(SC(C(=O)NC2=NN(c3ccccc3)C(=O)C2)c2ccccc2)cc1)/C(=C/c1cccc(Cl)c1Cl)NC(=O)c1ccccc1. The van der Waals surface area contributed by atoms with Crippen LogP contribution >= 0.6 is 35.0 Å². The van der Waals surface area contributed by atoms with E-state index in [0.29, 0.717) is 27.5 Å². The molecule has 0 bridgehead atoms. The van der Waals surface area contributed by atoms with Crippen molar-refractivity contribution in [2.75, 3.05) is 10.3 Å². The molecule has 0 fully saturated rings. The van der Waals surface area contributed by atoms with Gasteiger partial charge < -0.3 is 16.0 Å². The Morgan fingerprint density at radius 3 is 2.10 bits per heavy atom. The molecular formula is C39H29Cl2N5O4S. The Labute approximate surface area is 308 Å². The van der Waals surface area contributed by atoms with Crippen molar-refractivity contribution in [3.05, 3.63) is 166 Å². The van der Waals surface area contributed by atoms with Gasteiger partial charge in [-0.2, -0.15) is 10.1 Å². The number of benzene rings is 5. The van der Waals surface area contributed by atoms with Gasteiger partial charge in [-0.15, -0.1) is 11.8 Å². The van der Waals surface area contributed by atoms with Crippen LogP contribution in [0.5, 0.6) is 0 Å². The minimum absolute atomic E-state index is 0.0348. The molecule has 254 valence electrons. The van der Waals surface area contributed by atoms with Crippen LogP contribution < -0.4 is 21.0 Å². The summed E-state index contributed by atoms with van der Waals surface area (Å²) in [5, 5.41) is 13.8. The van der Waals surface area contributed by atoms with E-state index in [0.717, 1.165) is 10.5 Å². The van der Waals surface area contributed by atoms with E-state index in [1.165, 1.54) is 22.8 Å². The topological polar surface area (TPSA) is 120 Å². The first-order valence-corrected chi connectivity index (χ1v) is 17.3. The van der Waals surface area contributed by atoms with Gasteiger partial charge in [-0.3, -0.25) is 19.2 Å². The Balaban J connectivity index is 1.18. The Bertz CT molecular complexity index is 2130. The van der Waals surface area contributed by atoms with Gasteiger partial charge in [0.1, 0.15) is 16.8 Å². The van der Waals surface area contributed by atoms with Crippen molar-refractivity contribution in [2.24, 2.45) is 5.10 Å². The Morgan fingerprint density at radius 2 is 1.41 bits per heavy atom. The lowest BCUT2D eigenvalue weighted by Crippen LogP contribution is -2.33. The van der Waals surface area contributed by atoms with Crippen LogP contribution in [0.3, 0.4) is 0 Å². The number of amides is 4. The number of hydrogen-bond donors (Lipinski definition) is 3. The van der Waals surface area contributed by atoms with Crippen LogP contribution in [0.15, 0.2) is 149 Å². The molecular weight excluding hydrogens is 705 g/mol. The first kappa shape index (κ1) is 35.2. The van der Waals surface area contributed by atoms with E-state index in [2.05, 4.69) is 21.1 Å². The largest absolute Gasteiger partial charge is 0.321 e. The van der Waals surface area contributed by atoms with Gasteiger partial charge in [0.15, 0.2) is 0 Å². The number of carbonyl (C=O) groups is 4. The molecule has 1 atom stereocenters. The van der Waals surface area contributed by atoms with Crippen LogP contribution in [0.2, 0.25) is 10.0 Å². The normalized spacial score (nSPS) is 13.3. The van der Waals surface area contributed by atoms with Gasteiger partial charge in [0, 0.05) is 16.1 Å². The predicted octanol–water partition coefficient (Wildman–Crippen LogP) is 8.10. The number of nitrogens with one attached hydrogen (secondary N) is 3. The lowest BCUT2D eigenvalue weighted by atomic mass is 10.1. The fraction of sp³-hybridized carbons (Fsp3) is 0.0513. The summed E-state index contributed by atoms with van der Waals surface area (Å²) < 4.78 is 0. The van der Waals surface area contributed by atoms with Crippen molar-refractivity contribution in [2.45, 2.75) is 16.6 Å². The number of amidine groups is 1. The van der Waals surface area contributed by atoms with Crippen LogP contribution in [-0.4, -0.2) is 29.5 Å². The second kappa shape index (κ2) is 16.4. The summed E-state index contributed by atoms with van der Waals surface area (Å²) in [4.78, 5) is 53.7. The first-order chi connectivity index (χ1) is 24.7. The number of hydrogen-bond acceptors (Lipinski definition) is 6. The highest BCUT2D eigenvalue weighted by Gasteiger charge is 2.29.